The lowest BCUT2D eigenvalue weighted by Crippen LogP contribution is -2.46. The van der Waals surface area contributed by atoms with E-state index in [9.17, 15) is 19.8 Å². The van der Waals surface area contributed by atoms with E-state index in [0.717, 1.165) is 44.9 Å². The number of allylic oxidation sites excluding steroid dienone is 2. The van der Waals surface area contributed by atoms with E-state index in [1.165, 1.54) is 193 Å². The molecular weight excluding hydrogens is 719 g/mol. The van der Waals surface area contributed by atoms with Crippen molar-refractivity contribution in [1.82, 2.24) is 5.32 Å². The van der Waals surface area contributed by atoms with Crippen molar-refractivity contribution in [3.63, 3.8) is 0 Å². The number of rotatable bonds is 47. The van der Waals surface area contributed by atoms with Crippen LogP contribution in [0.5, 0.6) is 0 Å². The van der Waals surface area contributed by atoms with E-state index < -0.39 is 18.2 Å². The van der Waals surface area contributed by atoms with E-state index >= 15 is 0 Å². The molecule has 344 valence electrons. The van der Waals surface area contributed by atoms with E-state index in [4.69, 9.17) is 4.74 Å². The predicted molar refractivity (Wildman–Crippen MR) is 250 cm³/mol. The molecule has 0 aliphatic heterocycles. The molecule has 0 fully saturated rings. The highest BCUT2D eigenvalue weighted by molar-refractivity contribution is 5.77. The fourth-order valence-electron chi connectivity index (χ4n) is 8.13. The second-order valence-electron chi connectivity index (χ2n) is 17.9. The minimum absolute atomic E-state index is 0.0827. The molecule has 0 aliphatic rings. The van der Waals surface area contributed by atoms with Gasteiger partial charge in [0.1, 0.15) is 6.10 Å². The average Bonchev–Trinajstić information content (AvgIpc) is 3.22. The van der Waals surface area contributed by atoms with Crippen LogP contribution in [0.25, 0.3) is 0 Å². The fraction of sp³-hybridized carbons (Fsp3) is 0.923. The molecule has 3 atom stereocenters. The van der Waals surface area contributed by atoms with E-state index in [0.29, 0.717) is 19.3 Å². The SMILES string of the molecule is CCCCCCCC/C=C/CCCCCCCCCC(=O)OC(CCCCCCCCCCCCC)CC(=O)NC(CO)C(O)CCCCCCCCCCCCC. The average molecular weight is 820 g/mol. The third-order valence-corrected chi connectivity index (χ3v) is 12.1. The summed E-state index contributed by atoms with van der Waals surface area (Å²) in [4.78, 5) is 26.1. The van der Waals surface area contributed by atoms with Crippen LogP contribution in [0.2, 0.25) is 0 Å². The number of carbonyl (C=O) groups is 2. The van der Waals surface area contributed by atoms with Crippen molar-refractivity contribution >= 4 is 11.9 Å². The number of esters is 1. The lowest BCUT2D eigenvalue weighted by Gasteiger charge is -2.24. The minimum atomic E-state index is -0.781. The number of carbonyl (C=O) groups excluding carboxylic acids is 2. The molecule has 1 amide bonds. The molecular formula is C52H101NO5. The van der Waals surface area contributed by atoms with Crippen molar-refractivity contribution in [2.45, 2.75) is 302 Å². The van der Waals surface area contributed by atoms with Crippen molar-refractivity contribution in [3.05, 3.63) is 12.2 Å². The first-order valence-electron chi connectivity index (χ1n) is 25.9. The first kappa shape index (κ1) is 56.6. The lowest BCUT2D eigenvalue weighted by atomic mass is 10.0. The molecule has 6 nitrogen and oxygen atoms in total. The van der Waals surface area contributed by atoms with Crippen LogP contribution in [0.1, 0.15) is 284 Å². The number of amides is 1. The maximum Gasteiger partial charge on any atom is 0.306 e. The van der Waals surface area contributed by atoms with E-state index in [2.05, 4.69) is 38.2 Å². The summed E-state index contributed by atoms with van der Waals surface area (Å²) >= 11 is 0. The van der Waals surface area contributed by atoms with E-state index in [1.807, 2.05) is 0 Å². The summed E-state index contributed by atoms with van der Waals surface area (Å²) in [5, 5.41) is 23.7. The molecule has 0 saturated heterocycles. The molecule has 0 aromatic carbocycles. The highest BCUT2D eigenvalue weighted by Crippen LogP contribution is 2.18. The Morgan fingerprint density at radius 2 is 0.828 bits per heavy atom. The smallest absolute Gasteiger partial charge is 0.306 e. The third-order valence-electron chi connectivity index (χ3n) is 12.1. The molecule has 0 rings (SSSR count). The van der Waals surface area contributed by atoms with Crippen LogP contribution < -0.4 is 5.32 Å². The Morgan fingerprint density at radius 3 is 1.22 bits per heavy atom. The van der Waals surface area contributed by atoms with Crippen LogP contribution in [0.3, 0.4) is 0 Å². The number of hydrogen-bond donors (Lipinski definition) is 3. The standard InChI is InChI=1S/C52H101NO5/c1-4-7-10-13-16-19-22-23-24-25-26-27-30-33-36-39-42-45-52(57)58-48(43-40-37-34-31-28-20-17-14-11-8-5-2)46-51(56)53-49(47-54)50(55)44-41-38-35-32-29-21-18-15-12-9-6-3/h23-24,48-50,54-55H,4-22,25-47H2,1-3H3,(H,53,56)/b24-23+. The predicted octanol–water partition coefficient (Wildman–Crippen LogP) is 15.3. The number of unbranched alkanes of at least 4 members (excludes halogenated alkanes) is 33. The summed E-state index contributed by atoms with van der Waals surface area (Å²) in [7, 11) is 0. The summed E-state index contributed by atoms with van der Waals surface area (Å²) in [6.07, 6.45) is 51.3. The maximum absolute atomic E-state index is 13.2. The number of aliphatic hydroxyl groups is 2. The zero-order valence-electron chi connectivity index (χ0n) is 39.2. The molecule has 6 heteroatoms. The van der Waals surface area contributed by atoms with Gasteiger partial charge in [-0.3, -0.25) is 9.59 Å². The Kier molecular flexibility index (Phi) is 45.5. The third kappa shape index (κ3) is 41.3. The summed E-state index contributed by atoms with van der Waals surface area (Å²) in [6, 6.07) is -0.694. The Bertz CT molecular complexity index is 878. The molecule has 3 N–H and O–H groups in total. The number of ether oxygens (including phenoxy) is 1. The normalized spacial score (nSPS) is 13.3. The first-order valence-corrected chi connectivity index (χ1v) is 25.9. The van der Waals surface area contributed by atoms with Gasteiger partial charge < -0.3 is 20.3 Å². The van der Waals surface area contributed by atoms with Gasteiger partial charge in [-0.15, -0.1) is 0 Å². The summed E-state index contributed by atoms with van der Waals surface area (Å²) in [5.41, 5.74) is 0. The largest absolute Gasteiger partial charge is 0.462 e. The van der Waals surface area contributed by atoms with Crippen LogP contribution >= 0.6 is 0 Å². The number of hydrogen-bond acceptors (Lipinski definition) is 5. The van der Waals surface area contributed by atoms with Crippen molar-refractivity contribution in [2.75, 3.05) is 6.61 Å². The van der Waals surface area contributed by atoms with Crippen LogP contribution in [0.15, 0.2) is 12.2 Å². The van der Waals surface area contributed by atoms with Gasteiger partial charge in [0.05, 0.1) is 25.2 Å². The van der Waals surface area contributed by atoms with Crippen LogP contribution in [-0.4, -0.2) is 46.9 Å². The topological polar surface area (TPSA) is 95.9 Å². The van der Waals surface area contributed by atoms with Gasteiger partial charge in [0.2, 0.25) is 5.91 Å². The van der Waals surface area contributed by atoms with Crippen LogP contribution in [0, 0.1) is 0 Å². The number of aliphatic hydroxyl groups excluding tert-OH is 2. The summed E-state index contributed by atoms with van der Waals surface area (Å²) < 4.78 is 5.93. The Morgan fingerprint density at radius 1 is 0.483 bits per heavy atom. The second kappa shape index (κ2) is 46.7. The van der Waals surface area contributed by atoms with Gasteiger partial charge in [-0.25, -0.2) is 0 Å². The van der Waals surface area contributed by atoms with Gasteiger partial charge in [-0.05, 0) is 51.4 Å². The van der Waals surface area contributed by atoms with Crippen LogP contribution in [-0.2, 0) is 14.3 Å². The molecule has 0 saturated carbocycles. The highest BCUT2D eigenvalue weighted by Gasteiger charge is 2.24. The monoisotopic (exact) mass is 820 g/mol. The summed E-state index contributed by atoms with van der Waals surface area (Å²) in [5.74, 6) is -0.463. The molecule has 0 heterocycles. The Labute approximate surface area is 361 Å². The first-order chi connectivity index (χ1) is 28.5. The highest BCUT2D eigenvalue weighted by atomic mass is 16.5. The van der Waals surface area contributed by atoms with Gasteiger partial charge in [0, 0.05) is 6.42 Å². The Hall–Kier alpha value is -1.40. The van der Waals surface area contributed by atoms with Crippen LogP contribution in [0.4, 0.5) is 0 Å². The van der Waals surface area contributed by atoms with Crippen molar-refractivity contribution in [3.8, 4) is 0 Å². The van der Waals surface area contributed by atoms with Crippen molar-refractivity contribution in [1.29, 1.82) is 0 Å². The molecule has 58 heavy (non-hydrogen) atoms. The zero-order valence-corrected chi connectivity index (χ0v) is 39.2. The summed E-state index contributed by atoms with van der Waals surface area (Å²) in [6.45, 7) is 6.49. The zero-order chi connectivity index (χ0) is 42.4. The van der Waals surface area contributed by atoms with Gasteiger partial charge in [-0.2, -0.15) is 0 Å². The lowest BCUT2D eigenvalue weighted by molar-refractivity contribution is -0.151. The minimum Gasteiger partial charge on any atom is -0.462 e. The van der Waals surface area contributed by atoms with E-state index in [-0.39, 0.29) is 24.9 Å². The Balaban J connectivity index is 4.48. The van der Waals surface area contributed by atoms with Crippen molar-refractivity contribution in [2.24, 2.45) is 0 Å². The van der Waals surface area contributed by atoms with Gasteiger partial charge in [-0.1, -0.05) is 232 Å². The van der Waals surface area contributed by atoms with E-state index in [1.54, 1.807) is 0 Å². The molecule has 0 aromatic rings. The molecule has 0 aliphatic carbocycles. The van der Waals surface area contributed by atoms with Gasteiger partial charge in [0.25, 0.3) is 0 Å². The molecule has 0 bridgehead atoms. The van der Waals surface area contributed by atoms with Gasteiger partial charge in [0.15, 0.2) is 0 Å². The fourth-order valence-corrected chi connectivity index (χ4v) is 8.13. The molecule has 0 spiro atoms. The molecule has 0 aromatic heterocycles. The second-order valence-corrected chi connectivity index (χ2v) is 17.9. The molecule has 0 radical (unpaired) electrons. The maximum atomic E-state index is 13.2. The molecule has 3 unspecified atom stereocenters. The van der Waals surface area contributed by atoms with Gasteiger partial charge >= 0.3 is 5.97 Å². The van der Waals surface area contributed by atoms with Crippen molar-refractivity contribution < 1.29 is 24.5 Å². The quantitative estimate of drug-likeness (QED) is 0.0323. The number of nitrogens with one attached hydrogen (secondary N) is 1.